The quantitative estimate of drug-likeness (QED) is 0.664. The lowest BCUT2D eigenvalue weighted by molar-refractivity contribution is 0.146. The minimum atomic E-state index is -2.89. The van der Waals surface area contributed by atoms with Crippen LogP contribution in [0.25, 0.3) is 0 Å². The average molecular weight is 285 g/mol. The van der Waals surface area contributed by atoms with E-state index in [4.69, 9.17) is 4.74 Å². The van der Waals surface area contributed by atoms with Crippen molar-refractivity contribution in [2.75, 3.05) is 31.3 Å². The molecule has 0 fully saturated rings. The molecule has 0 aromatic heterocycles. The number of ether oxygens (including phenoxy) is 1. The monoisotopic (exact) mass is 285 g/mol. The normalized spacial score (nSPS) is 11.6. The molecule has 0 spiro atoms. The predicted octanol–water partition coefficient (Wildman–Crippen LogP) is 1.62. The van der Waals surface area contributed by atoms with Gasteiger partial charge in [-0.2, -0.15) is 0 Å². The lowest BCUT2D eigenvalue weighted by Gasteiger charge is -2.06. The van der Waals surface area contributed by atoms with Crippen LogP contribution in [-0.2, 0) is 21.1 Å². The SMILES string of the molecule is CCS(=O)(=O)CCOCCCNCc1ccccc1. The summed E-state index contributed by atoms with van der Waals surface area (Å²) in [5.74, 6) is 0.315. The van der Waals surface area contributed by atoms with Crippen molar-refractivity contribution in [3.05, 3.63) is 35.9 Å². The zero-order valence-corrected chi connectivity index (χ0v) is 12.3. The maximum absolute atomic E-state index is 11.2. The summed E-state index contributed by atoms with van der Waals surface area (Å²) in [4.78, 5) is 0. The Morgan fingerprint density at radius 3 is 2.58 bits per heavy atom. The maximum atomic E-state index is 11.2. The number of hydrogen-bond acceptors (Lipinski definition) is 4. The number of nitrogens with one attached hydrogen (secondary N) is 1. The molecular formula is C14H23NO3S. The van der Waals surface area contributed by atoms with E-state index in [1.807, 2.05) is 18.2 Å². The van der Waals surface area contributed by atoms with Crippen molar-refractivity contribution in [2.24, 2.45) is 0 Å². The van der Waals surface area contributed by atoms with Crippen LogP contribution in [0.15, 0.2) is 30.3 Å². The van der Waals surface area contributed by atoms with E-state index >= 15 is 0 Å². The summed E-state index contributed by atoms with van der Waals surface area (Å²) in [6.07, 6.45) is 0.888. The molecule has 0 saturated heterocycles. The van der Waals surface area contributed by atoms with E-state index in [-0.39, 0.29) is 11.5 Å². The van der Waals surface area contributed by atoms with Gasteiger partial charge in [0.25, 0.3) is 0 Å². The number of rotatable bonds is 10. The molecule has 0 saturated carbocycles. The van der Waals surface area contributed by atoms with Gasteiger partial charge in [0.15, 0.2) is 9.84 Å². The number of benzene rings is 1. The van der Waals surface area contributed by atoms with Crippen molar-refractivity contribution in [1.82, 2.24) is 5.32 Å². The summed E-state index contributed by atoms with van der Waals surface area (Å²) in [6, 6.07) is 10.2. The first kappa shape index (κ1) is 16.1. The molecule has 0 aliphatic heterocycles. The molecule has 0 bridgehead atoms. The van der Waals surface area contributed by atoms with Crippen LogP contribution in [0.5, 0.6) is 0 Å². The smallest absolute Gasteiger partial charge is 0.152 e. The summed E-state index contributed by atoms with van der Waals surface area (Å²) in [7, 11) is -2.89. The van der Waals surface area contributed by atoms with E-state index in [2.05, 4.69) is 17.4 Å². The van der Waals surface area contributed by atoms with Crippen LogP contribution in [0.2, 0.25) is 0 Å². The van der Waals surface area contributed by atoms with E-state index < -0.39 is 9.84 Å². The molecule has 0 radical (unpaired) electrons. The highest BCUT2D eigenvalue weighted by Gasteiger charge is 2.05. The molecular weight excluding hydrogens is 262 g/mol. The van der Waals surface area contributed by atoms with Gasteiger partial charge < -0.3 is 10.1 Å². The fraction of sp³-hybridized carbons (Fsp3) is 0.571. The van der Waals surface area contributed by atoms with Gasteiger partial charge in [-0.3, -0.25) is 0 Å². The maximum Gasteiger partial charge on any atom is 0.152 e. The molecule has 1 N–H and O–H groups in total. The zero-order valence-electron chi connectivity index (χ0n) is 11.5. The Morgan fingerprint density at radius 2 is 1.89 bits per heavy atom. The summed E-state index contributed by atoms with van der Waals surface area (Å²) in [5.41, 5.74) is 1.26. The first-order chi connectivity index (χ1) is 9.14. The molecule has 0 aliphatic carbocycles. The topological polar surface area (TPSA) is 55.4 Å². The Bertz CT molecular complexity index is 431. The number of hydrogen-bond donors (Lipinski definition) is 1. The summed E-state index contributed by atoms with van der Waals surface area (Å²) in [5, 5.41) is 3.32. The molecule has 0 atom stereocenters. The van der Waals surface area contributed by atoms with Crippen LogP contribution < -0.4 is 5.32 Å². The van der Waals surface area contributed by atoms with E-state index in [1.165, 1.54) is 5.56 Å². The molecule has 4 nitrogen and oxygen atoms in total. The van der Waals surface area contributed by atoms with Crippen LogP contribution in [0.3, 0.4) is 0 Å². The minimum Gasteiger partial charge on any atom is -0.380 e. The third-order valence-electron chi connectivity index (χ3n) is 2.79. The van der Waals surface area contributed by atoms with Crippen molar-refractivity contribution >= 4 is 9.84 Å². The van der Waals surface area contributed by atoms with Gasteiger partial charge in [0.2, 0.25) is 0 Å². The Morgan fingerprint density at radius 1 is 1.16 bits per heavy atom. The summed E-state index contributed by atoms with van der Waals surface area (Å²) < 4.78 is 27.7. The molecule has 0 unspecified atom stereocenters. The van der Waals surface area contributed by atoms with Gasteiger partial charge in [-0.1, -0.05) is 37.3 Å². The van der Waals surface area contributed by atoms with Crippen molar-refractivity contribution in [2.45, 2.75) is 19.9 Å². The van der Waals surface area contributed by atoms with E-state index in [0.717, 1.165) is 19.5 Å². The highest BCUT2D eigenvalue weighted by molar-refractivity contribution is 7.91. The van der Waals surface area contributed by atoms with Crippen LogP contribution >= 0.6 is 0 Å². The Balaban J connectivity index is 1.95. The second-order valence-corrected chi connectivity index (χ2v) is 6.84. The van der Waals surface area contributed by atoms with Crippen LogP contribution in [-0.4, -0.2) is 39.7 Å². The lowest BCUT2D eigenvalue weighted by atomic mass is 10.2. The van der Waals surface area contributed by atoms with Crippen molar-refractivity contribution in [1.29, 1.82) is 0 Å². The Kier molecular flexibility index (Phi) is 7.70. The van der Waals surface area contributed by atoms with Gasteiger partial charge in [0, 0.05) is 18.9 Å². The second kappa shape index (κ2) is 9.07. The molecule has 108 valence electrons. The van der Waals surface area contributed by atoms with E-state index in [0.29, 0.717) is 13.2 Å². The Labute approximate surface area is 116 Å². The van der Waals surface area contributed by atoms with E-state index in [9.17, 15) is 8.42 Å². The van der Waals surface area contributed by atoms with Gasteiger partial charge in [0.1, 0.15) is 0 Å². The van der Waals surface area contributed by atoms with Gasteiger partial charge in [0.05, 0.1) is 12.4 Å². The van der Waals surface area contributed by atoms with Gasteiger partial charge in [-0.05, 0) is 18.5 Å². The molecule has 5 heteroatoms. The third kappa shape index (κ3) is 7.97. The standard InChI is InChI=1S/C14H23NO3S/c1-2-19(16,17)12-11-18-10-6-9-15-13-14-7-4-3-5-8-14/h3-5,7-8,15H,2,6,9-13H2,1H3. The first-order valence-corrected chi connectivity index (χ1v) is 8.49. The van der Waals surface area contributed by atoms with Crippen molar-refractivity contribution in [3.63, 3.8) is 0 Å². The zero-order chi connectivity index (χ0) is 14.0. The second-order valence-electron chi connectivity index (χ2n) is 4.36. The summed E-state index contributed by atoms with van der Waals surface area (Å²) in [6.45, 7) is 4.28. The molecule has 0 amide bonds. The van der Waals surface area contributed by atoms with Gasteiger partial charge in [-0.25, -0.2) is 8.42 Å². The minimum absolute atomic E-state index is 0.126. The largest absolute Gasteiger partial charge is 0.380 e. The van der Waals surface area contributed by atoms with Crippen LogP contribution in [0.1, 0.15) is 18.9 Å². The predicted molar refractivity (Wildman–Crippen MR) is 77.9 cm³/mol. The average Bonchev–Trinajstić information content (AvgIpc) is 2.43. The molecule has 1 aromatic carbocycles. The summed E-state index contributed by atoms with van der Waals surface area (Å²) >= 11 is 0. The lowest BCUT2D eigenvalue weighted by Crippen LogP contribution is -2.18. The third-order valence-corrected chi connectivity index (χ3v) is 4.46. The highest BCUT2D eigenvalue weighted by atomic mass is 32.2. The van der Waals surface area contributed by atoms with Crippen molar-refractivity contribution in [3.8, 4) is 0 Å². The molecule has 0 aliphatic rings. The molecule has 0 heterocycles. The molecule has 1 rings (SSSR count). The highest BCUT2D eigenvalue weighted by Crippen LogP contribution is 1.97. The van der Waals surface area contributed by atoms with E-state index in [1.54, 1.807) is 6.92 Å². The van der Waals surface area contributed by atoms with Crippen LogP contribution in [0.4, 0.5) is 0 Å². The number of sulfone groups is 1. The van der Waals surface area contributed by atoms with Crippen molar-refractivity contribution < 1.29 is 13.2 Å². The van der Waals surface area contributed by atoms with Crippen LogP contribution in [0, 0.1) is 0 Å². The van der Waals surface area contributed by atoms with Gasteiger partial charge >= 0.3 is 0 Å². The fourth-order valence-corrected chi connectivity index (χ4v) is 2.22. The Hall–Kier alpha value is -0.910. The fourth-order valence-electron chi connectivity index (χ4n) is 1.56. The van der Waals surface area contributed by atoms with Gasteiger partial charge in [-0.15, -0.1) is 0 Å². The first-order valence-electron chi connectivity index (χ1n) is 6.67. The molecule has 1 aromatic rings. The molecule has 19 heavy (non-hydrogen) atoms.